The Kier molecular flexibility index (Phi) is 2.45. The van der Waals surface area contributed by atoms with Gasteiger partial charge in [-0.25, -0.2) is 9.98 Å². The van der Waals surface area contributed by atoms with Crippen molar-refractivity contribution in [3.8, 4) is 0 Å². The molecule has 1 aliphatic heterocycles. The van der Waals surface area contributed by atoms with E-state index in [0.29, 0.717) is 19.1 Å². The van der Waals surface area contributed by atoms with Crippen LogP contribution in [-0.4, -0.2) is 24.7 Å². The molecule has 2 aromatic rings. The van der Waals surface area contributed by atoms with Crippen LogP contribution in [0.1, 0.15) is 10.4 Å². The van der Waals surface area contributed by atoms with Gasteiger partial charge in [0.1, 0.15) is 16.4 Å². The van der Waals surface area contributed by atoms with Gasteiger partial charge in [-0.15, -0.1) is 11.3 Å². The Labute approximate surface area is 102 Å². The lowest BCUT2D eigenvalue weighted by atomic mass is 10.2. The maximum absolute atomic E-state index is 5.63. The molecule has 0 amide bonds. The molecule has 17 heavy (non-hydrogen) atoms. The van der Waals surface area contributed by atoms with E-state index in [0.717, 1.165) is 26.3 Å². The fourth-order valence-corrected chi connectivity index (χ4v) is 2.97. The first-order valence-corrected chi connectivity index (χ1v) is 6.09. The number of hydrogen-bond donors (Lipinski definition) is 2. The number of fused-ring (bicyclic) bond motifs is 3. The molecule has 0 fully saturated rings. The first kappa shape index (κ1) is 10.5. The van der Waals surface area contributed by atoms with E-state index in [1.807, 2.05) is 6.20 Å². The summed E-state index contributed by atoms with van der Waals surface area (Å²) in [6.07, 6.45) is 1.81. The number of hydrogen-bond acceptors (Lipinski definition) is 6. The van der Waals surface area contributed by atoms with Crippen LogP contribution >= 0.6 is 11.3 Å². The molecule has 0 radical (unpaired) electrons. The van der Waals surface area contributed by atoms with Gasteiger partial charge in [0.15, 0.2) is 0 Å². The maximum atomic E-state index is 5.63. The van der Waals surface area contributed by atoms with Gasteiger partial charge in [0.2, 0.25) is 5.90 Å². The molecule has 3 rings (SSSR count). The number of ether oxygens (including phenoxy) is 1. The third-order valence-electron chi connectivity index (χ3n) is 2.70. The molecule has 5 nitrogen and oxygen atoms in total. The number of nitrogens with two attached hydrogens (primary N) is 1. The summed E-state index contributed by atoms with van der Waals surface area (Å²) in [5.41, 5.74) is 7.72. The van der Waals surface area contributed by atoms with Crippen LogP contribution < -0.4 is 11.1 Å². The van der Waals surface area contributed by atoms with Crippen LogP contribution in [0.2, 0.25) is 0 Å². The molecule has 0 spiro atoms. The molecular formula is C11H12N4OS. The largest absolute Gasteiger partial charge is 0.480 e. The van der Waals surface area contributed by atoms with E-state index in [4.69, 9.17) is 10.5 Å². The van der Waals surface area contributed by atoms with Crippen molar-refractivity contribution in [3.63, 3.8) is 0 Å². The Morgan fingerprint density at radius 1 is 1.59 bits per heavy atom. The van der Waals surface area contributed by atoms with E-state index in [1.54, 1.807) is 18.4 Å². The van der Waals surface area contributed by atoms with Crippen LogP contribution in [0.3, 0.4) is 0 Å². The predicted octanol–water partition coefficient (Wildman–Crippen LogP) is 1.53. The van der Waals surface area contributed by atoms with Crippen molar-refractivity contribution in [2.75, 3.05) is 19.1 Å². The highest BCUT2D eigenvalue weighted by Crippen LogP contribution is 2.37. The summed E-state index contributed by atoms with van der Waals surface area (Å²) in [6, 6.07) is 2.07. The van der Waals surface area contributed by atoms with Gasteiger partial charge in [-0.2, -0.15) is 0 Å². The molecule has 0 atom stereocenters. The van der Waals surface area contributed by atoms with Crippen LogP contribution in [-0.2, 0) is 11.3 Å². The van der Waals surface area contributed by atoms with E-state index in [-0.39, 0.29) is 0 Å². The van der Waals surface area contributed by atoms with Crippen LogP contribution in [0.5, 0.6) is 0 Å². The Morgan fingerprint density at radius 3 is 3.24 bits per heavy atom. The summed E-state index contributed by atoms with van der Waals surface area (Å²) in [5, 5.41) is 4.36. The lowest BCUT2D eigenvalue weighted by molar-refractivity contribution is 0.403. The van der Waals surface area contributed by atoms with Gasteiger partial charge in [-0.05, 0) is 11.6 Å². The standard InChI is InChI=1S/C11H12N4OS/c1-16-10-9-8(14-5-15-10)7-2-6(3-12)4-13-11(7)17-9/h2,4,14H,3,5,12H2,1H3. The highest BCUT2D eigenvalue weighted by molar-refractivity contribution is 7.21. The molecule has 1 aliphatic rings. The zero-order valence-electron chi connectivity index (χ0n) is 9.36. The third kappa shape index (κ3) is 1.57. The Balaban J connectivity index is 2.25. The Morgan fingerprint density at radius 2 is 2.47 bits per heavy atom. The number of pyridine rings is 1. The minimum Gasteiger partial charge on any atom is -0.480 e. The van der Waals surface area contributed by atoms with E-state index in [2.05, 4.69) is 21.4 Å². The van der Waals surface area contributed by atoms with Crippen molar-refractivity contribution in [2.24, 2.45) is 10.7 Å². The quantitative estimate of drug-likeness (QED) is 0.802. The van der Waals surface area contributed by atoms with E-state index in [1.165, 1.54) is 0 Å². The van der Waals surface area contributed by atoms with Crippen molar-refractivity contribution in [1.29, 1.82) is 0 Å². The zero-order chi connectivity index (χ0) is 11.8. The Bertz CT molecular complexity index is 605. The molecule has 2 aromatic heterocycles. The highest BCUT2D eigenvalue weighted by Gasteiger charge is 2.21. The number of aromatic nitrogens is 1. The van der Waals surface area contributed by atoms with Crippen molar-refractivity contribution in [3.05, 3.63) is 22.7 Å². The smallest absolute Gasteiger partial charge is 0.230 e. The minimum atomic E-state index is 0.499. The second-order valence-electron chi connectivity index (χ2n) is 3.71. The lowest BCUT2D eigenvalue weighted by Crippen LogP contribution is -2.14. The molecule has 6 heteroatoms. The van der Waals surface area contributed by atoms with Crippen molar-refractivity contribution in [1.82, 2.24) is 4.98 Å². The van der Waals surface area contributed by atoms with Crippen LogP contribution in [0.25, 0.3) is 10.2 Å². The number of rotatable bonds is 1. The number of anilines is 1. The fraction of sp³-hybridized carbons (Fsp3) is 0.273. The molecule has 0 aromatic carbocycles. The lowest BCUT2D eigenvalue weighted by Gasteiger charge is -2.13. The number of aliphatic imine (C=N–C) groups is 1. The molecule has 3 N–H and O–H groups in total. The first-order valence-electron chi connectivity index (χ1n) is 5.27. The first-order chi connectivity index (χ1) is 8.33. The average Bonchev–Trinajstić information content (AvgIpc) is 2.76. The van der Waals surface area contributed by atoms with Gasteiger partial charge < -0.3 is 15.8 Å². The summed E-state index contributed by atoms with van der Waals surface area (Å²) < 4.78 is 5.27. The van der Waals surface area contributed by atoms with Gasteiger partial charge >= 0.3 is 0 Å². The fourth-order valence-electron chi connectivity index (χ4n) is 1.88. The molecule has 0 aliphatic carbocycles. The topological polar surface area (TPSA) is 72.5 Å². The number of nitrogens with one attached hydrogen (secondary N) is 1. The number of thiophene rings is 1. The Hall–Kier alpha value is -1.66. The molecular weight excluding hydrogens is 236 g/mol. The van der Waals surface area contributed by atoms with Gasteiger partial charge in [-0.3, -0.25) is 0 Å². The molecule has 0 unspecified atom stereocenters. The SMILES string of the molecule is COC1=NCNc2c1sc1ncc(CN)cc21. The molecule has 0 bridgehead atoms. The molecule has 0 saturated carbocycles. The van der Waals surface area contributed by atoms with Gasteiger partial charge in [0.05, 0.1) is 12.8 Å². The van der Waals surface area contributed by atoms with Gasteiger partial charge in [-0.1, -0.05) is 0 Å². The molecule has 3 heterocycles. The number of methoxy groups -OCH3 is 1. The second-order valence-corrected chi connectivity index (χ2v) is 4.71. The normalized spacial score (nSPS) is 14.1. The summed E-state index contributed by atoms with van der Waals surface area (Å²) in [6.45, 7) is 1.04. The highest BCUT2D eigenvalue weighted by atomic mass is 32.1. The van der Waals surface area contributed by atoms with Crippen LogP contribution in [0, 0.1) is 0 Å². The van der Waals surface area contributed by atoms with Gasteiger partial charge in [0.25, 0.3) is 0 Å². The van der Waals surface area contributed by atoms with Gasteiger partial charge in [0, 0.05) is 18.1 Å². The van der Waals surface area contributed by atoms with Crippen LogP contribution in [0.4, 0.5) is 5.69 Å². The van der Waals surface area contributed by atoms with Crippen LogP contribution in [0.15, 0.2) is 17.3 Å². The second kappa shape index (κ2) is 3.97. The summed E-state index contributed by atoms with van der Waals surface area (Å²) in [7, 11) is 1.64. The molecule has 88 valence electrons. The maximum Gasteiger partial charge on any atom is 0.230 e. The number of nitrogens with zero attached hydrogens (tertiary/aromatic N) is 2. The molecule has 0 saturated heterocycles. The predicted molar refractivity (Wildman–Crippen MR) is 69.5 cm³/mol. The van der Waals surface area contributed by atoms with E-state index < -0.39 is 0 Å². The zero-order valence-corrected chi connectivity index (χ0v) is 10.2. The van der Waals surface area contributed by atoms with Crippen molar-refractivity contribution in [2.45, 2.75) is 6.54 Å². The van der Waals surface area contributed by atoms with E-state index >= 15 is 0 Å². The minimum absolute atomic E-state index is 0.499. The van der Waals surface area contributed by atoms with E-state index in [9.17, 15) is 0 Å². The monoisotopic (exact) mass is 248 g/mol. The van der Waals surface area contributed by atoms with Crippen molar-refractivity contribution >= 4 is 33.1 Å². The summed E-state index contributed by atoms with van der Waals surface area (Å²) >= 11 is 1.58. The summed E-state index contributed by atoms with van der Waals surface area (Å²) in [5.74, 6) is 0.677. The summed E-state index contributed by atoms with van der Waals surface area (Å²) in [4.78, 5) is 10.7. The van der Waals surface area contributed by atoms with Crippen molar-refractivity contribution < 1.29 is 4.74 Å². The average molecular weight is 248 g/mol. The third-order valence-corrected chi connectivity index (χ3v) is 3.81.